The number of nitrogens with two attached hydrogens (primary N) is 1. The molecule has 1 aliphatic heterocycles. The summed E-state index contributed by atoms with van der Waals surface area (Å²) >= 11 is 0. The van der Waals surface area contributed by atoms with E-state index in [9.17, 15) is 9.59 Å². The van der Waals surface area contributed by atoms with Crippen LogP contribution in [-0.2, 0) is 14.3 Å². The molecule has 1 fully saturated rings. The van der Waals surface area contributed by atoms with Gasteiger partial charge in [0.05, 0.1) is 13.7 Å². The monoisotopic (exact) mass is 198 g/mol. The van der Waals surface area contributed by atoms with E-state index < -0.39 is 12.0 Å². The SMILES string of the molecule is COC(=O)C(=C(C)C)N1C[C@H](N)C1=O. The average Bonchev–Trinajstić information content (AvgIpc) is 2.15. The fourth-order valence-electron chi connectivity index (χ4n) is 1.33. The lowest BCUT2D eigenvalue weighted by atomic mass is 10.1. The van der Waals surface area contributed by atoms with Gasteiger partial charge in [0.1, 0.15) is 11.7 Å². The Hall–Kier alpha value is -1.36. The van der Waals surface area contributed by atoms with Crippen molar-refractivity contribution in [3.05, 3.63) is 11.3 Å². The first-order chi connectivity index (χ1) is 6.49. The minimum absolute atomic E-state index is 0.230. The molecule has 0 aliphatic carbocycles. The molecule has 1 amide bonds. The Labute approximate surface area is 82.5 Å². The second kappa shape index (κ2) is 3.79. The van der Waals surface area contributed by atoms with Crippen LogP contribution in [0.4, 0.5) is 0 Å². The summed E-state index contributed by atoms with van der Waals surface area (Å²) in [6.07, 6.45) is 0. The van der Waals surface area contributed by atoms with Crippen LogP contribution in [0.3, 0.4) is 0 Å². The molecule has 0 aromatic rings. The quantitative estimate of drug-likeness (QED) is 0.373. The third-order valence-corrected chi connectivity index (χ3v) is 2.08. The van der Waals surface area contributed by atoms with E-state index in [0.29, 0.717) is 12.2 Å². The molecule has 1 saturated heterocycles. The third kappa shape index (κ3) is 1.63. The summed E-state index contributed by atoms with van der Waals surface area (Å²) in [5, 5.41) is 0. The normalized spacial score (nSPS) is 20.1. The number of likely N-dealkylation sites (tertiary alicyclic amines) is 1. The third-order valence-electron chi connectivity index (χ3n) is 2.08. The van der Waals surface area contributed by atoms with Gasteiger partial charge in [0.25, 0.3) is 0 Å². The molecule has 1 heterocycles. The minimum Gasteiger partial charge on any atom is -0.464 e. The summed E-state index contributed by atoms with van der Waals surface area (Å²) in [7, 11) is 1.29. The highest BCUT2D eigenvalue weighted by molar-refractivity contribution is 5.99. The van der Waals surface area contributed by atoms with Gasteiger partial charge in [-0.15, -0.1) is 0 Å². The van der Waals surface area contributed by atoms with Crippen molar-refractivity contribution in [3.8, 4) is 0 Å². The zero-order valence-electron chi connectivity index (χ0n) is 8.53. The highest BCUT2D eigenvalue weighted by Gasteiger charge is 2.38. The van der Waals surface area contributed by atoms with Gasteiger partial charge in [-0.2, -0.15) is 0 Å². The van der Waals surface area contributed by atoms with Crippen molar-refractivity contribution in [3.63, 3.8) is 0 Å². The van der Waals surface area contributed by atoms with E-state index >= 15 is 0 Å². The Bertz CT molecular complexity index is 305. The summed E-state index contributed by atoms with van der Waals surface area (Å²) in [5.41, 5.74) is 6.48. The number of carbonyl (C=O) groups excluding carboxylic acids is 2. The molecule has 1 rings (SSSR count). The molecule has 1 atom stereocenters. The number of methoxy groups -OCH3 is 1. The van der Waals surface area contributed by atoms with Crippen molar-refractivity contribution in [1.29, 1.82) is 0 Å². The first-order valence-electron chi connectivity index (χ1n) is 4.31. The van der Waals surface area contributed by atoms with Crippen LogP contribution in [0.25, 0.3) is 0 Å². The van der Waals surface area contributed by atoms with Crippen LogP contribution in [0.5, 0.6) is 0 Å². The standard InChI is InChI=1S/C9H14N2O3/c1-5(2)7(9(13)14-3)11-4-6(10)8(11)12/h6H,4,10H2,1-3H3/t6-/m0/s1. The molecular weight excluding hydrogens is 184 g/mol. The highest BCUT2D eigenvalue weighted by Crippen LogP contribution is 2.19. The van der Waals surface area contributed by atoms with Crippen LogP contribution in [0.2, 0.25) is 0 Å². The van der Waals surface area contributed by atoms with E-state index in [0.717, 1.165) is 5.57 Å². The van der Waals surface area contributed by atoms with Crippen molar-refractivity contribution < 1.29 is 14.3 Å². The van der Waals surface area contributed by atoms with Crippen LogP contribution < -0.4 is 5.73 Å². The van der Waals surface area contributed by atoms with Crippen LogP contribution in [0.1, 0.15) is 13.8 Å². The van der Waals surface area contributed by atoms with Gasteiger partial charge in [-0.3, -0.25) is 4.79 Å². The average molecular weight is 198 g/mol. The summed E-state index contributed by atoms with van der Waals surface area (Å²) in [4.78, 5) is 24.0. The predicted molar refractivity (Wildman–Crippen MR) is 50.1 cm³/mol. The maximum absolute atomic E-state index is 11.3. The summed E-state index contributed by atoms with van der Waals surface area (Å²) in [5.74, 6) is -0.725. The Morgan fingerprint density at radius 1 is 1.57 bits per heavy atom. The van der Waals surface area contributed by atoms with Gasteiger partial charge < -0.3 is 15.4 Å². The molecule has 0 spiro atoms. The number of β-lactam (4-membered cyclic amide) rings is 1. The second-order valence-corrected chi connectivity index (χ2v) is 3.40. The number of rotatable bonds is 2. The molecular formula is C9H14N2O3. The fourth-order valence-corrected chi connectivity index (χ4v) is 1.33. The predicted octanol–water partition coefficient (Wildman–Crippen LogP) is -0.377. The number of amides is 1. The number of carbonyl (C=O) groups is 2. The first kappa shape index (κ1) is 10.7. The van der Waals surface area contributed by atoms with E-state index in [1.54, 1.807) is 13.8 Å². The van der Waals surface area contributed by atoms with Crippen molar-refractivity contribution >= 4 is 11.9 Å². The molecule has 0 unspecified atom stereocenters. The smallest absolute Gasteiger partial charge is 0.354 e. The van der Waals surface area contributed by atoms with Crippen LogP contribution >= 0.6 is 0 Å². The highest BCUT2D eigenvalue weighted by atomic mass is 16.5. The fraction of sp³-hybridized carbons (Fsp3) is 0.556. The van der Waals surface area contributed by atoms with Crippen molar-refractivity contribution in [2.75, 3.05) is 13.7 Å². The summed E-state index contributed by atoms with van der Waals surface area (Å²) in [6, 6.07) is -0.478. The molecule has 0 radical (unpaired) electrons. The number of nitrogens with zero attached hydrogens (tertiary/aromatic N) is 1. The lowest BCUT2D eigenvalue weighted by molar-refractivity contribution is -0.147. The zero-order chi connectivity index (χ0) is 10.9. The Morgan fingerprint density at radius 3 is 2.43 bits per heavy atom. The maximum atomic E-state index is 11.3. The van der Waals surface area contributed by atoms with Crippen molar-refractivity contribution in [2.24, 2.45) is 5.73 Å². The number of ether oxygens (including phenoxy) is 1. The molecule has 1 aliphatic rings. The molecule has 0 bridgehead atoms. The van der Waals surface area contributed by atoms with Gasteiger partial charge in [0, 0.05) is 0 Å². The van der Waals surface area contributed by atoms with Gasteiger partial charge in [0.2, 0.25) is 5.91 Å². The van der Waals surface area contributed by atoms with Gasteiger partial charge >= 0.3 is 5.97 Å². The lowest BCUT2D eigenvalue weighted by Crippen LogP contribution is -2.61. The maximum Gasteiger partial charge on any atom is 0.354 e. The topological polar surface area (TPSA) is 72.6 Å². The number of hydrogen-bond donors (Lipinski definition) is 1. The van der Waals surface area contributed by atoms with Crippen molar-refractivity contribution in [2.45, 2.75) is 19.9 Å². The van der Waals surface area contributed by atoms with Gasteiger partial charge in [0.15, 0.2) is 0 Å². The molecule has 0 saturated carbocycles. The second-order valence-electron chi connectivity index (χ2n) is 3.40. The zero-order valence-corrected chi connectivity index (χ0v) is 8.53. The van der Waals surface area contributed by atoms with Gasteiger partial charge in [-0.05, 0) is 19.4 Å². The van der Waals surface area contributed by atoms with Crippen molar-refractivity contribution in [1.82, 2.24) is 4.90 Å². The summed E-state index contributed by atoms with van der Waals surface area (Å²) < 4.78 is 4.58. The van der Waals surface area contributed by atoms with E-state index in [4.69, 9.17) is 5.73 Å². The molecule has 5 nitrogen and oxygen atoms in total. The van der Waals surface area contributed by atoms with E-state index in [-0.39, 0.29) is 5.91 Å². The van der Waals surface area contributed by atoms with Crippen LogP contribution in [-0.4, -0.2) is 36.5 Å². The first-order valence-corrected chi connectivity index (χ1v) is 4.31. The molecule has 2 N–H and O–H groups in total. The van der Waals surface area contributed by atoms with E-state index in [2.05, 4.69) is 4.74 Å². The molecule has 5 heteroatoms. The number of hydrogen-bond acceptors (Lipinski definition) is 4. The Morgan fingerprint density at radius 2 is 2.14 bits per heavy atom. The largest absolute Gasteiger partial charge is 0.464 e. The van der Waals surface area contributed by atoms with E-state index in [1.165, 1.54) is 12.0 Å². The Kier molecular flexibility index (Phi) is 2.90. The molecule has 0 aromatic carbocycles. The molecule has 78 valence electrons. The van der Waals surface area contributed by atoms with Gasteiger partial charge in [-0.1, -0.05) is 0 Å². The molecule has 14 heavy (non-hydrogen) atoms. The van der Waals surface area contributed by atoms with Crippen LogP contribution in [0, 0.1) is 0 Å². The summed E-state index contributed by atoms with van der Waals surface area (Å²) in [6.45, 7) is 3.89. The minimum atomic E-state index is -0.495. The Balaban J connectivity index is 2.88. The van der Waals surface area contributed by atoms with E-state index in [1.807, 2.05) is 0 Å². The number of allylic oxidation sites excluding steroid dienone is 1. The van der Waals surface area contributed by atoms with Crippen LogP contribution in [0.15, 0.2) is 11.3 Å². The lowest BCUT2D eigenvalue weighted by Gasteiger charge is -2.37. The van der Waals surface area contributed by atoms with Gasteiger partial charge in [-0.25, -0.2) is 4.79 Å². The molecule has 0 aromatic heterocycles. The number of esters is 1.